The van der Waals surface area contributed by atoms with E-state index < -0.39 is 0 Å². The summed E-state index contributed by atoms with van der Waals surface area (Å²) in [6.07, 6.45) is 3.64. The number of amides is 1. The van der Waals surface area contributed by atoms with Crippen LogP contribution in [0, 0.1) is 0 Å². The van der Waals surface area contributed by atoms with Gasteiger partial charge in [0.1, 0.15) is 0 Å². The van der Waals surface area contributed by atoms with E-state index in [1.807, 2.05) is 37.3 Å². The number of carbonyl (C=O) groups excluding carboxylic acids is 1. The molecule has 1 aromatic heterocycles. The van der Waals surface area contributed by atoms with Crippen molar-refractivity contribution >= 4 is 11.7 Å². The lowest BCUT2D eigenvalue weighted by Crippen LogP contribution is -2.27. The molecule has 1 amide bonds. The maximum atomic E-state index is 11.8. The molecule has 1 aromatic carbocycles. The van der Waals surface area contributed by atoms with Crippen LogP contribution in [0.5, 0.6) is 0 Å². The van der Waals surface area contributed by atoms with Gasteiger partial charge in [0, 0.05) is 25.5 Å². The van der Waals surface area contributed by atoms with E-state index in [1.54, 1.807) is 0 Å². The van der Waals surface area contributed by atoms with Crippen molar-refractivity contribution < 1.29 is 9.53 Å². The second-order valence-electron chi connectivity index (χ2n) is 4.82. The van der Waals surface area contributed by atoms with E-state index in [9.17, 15) is 4.79 Å². The number of hydrogen-bond donors (Lipinski definition) is 2. The van der Waals surface area contributed by atoms with Gasteiger partial charge >= 0.3 is 0 Å². The maximum absolute atomic E-state index is 11.8. The molecule has 0 aliphatic rings. The fourth-order valence-corrected chi connectivity index (χ4v) is 1.96. The Hall–Kier alpha value is -2.47. The van der Waals surface area contributed by atoms with Gasteiger partial charge in [-0.25, -0.2) is 9.97 Å². The third kappa shape index (κ3) is 4.53. The average Bonchev–Trinajstić information content (AvgIpc) is 2.55. The Morgan fingerprint density at radius 3 is 2.73 bits per heavy atom. The number of anilines is 1. The van der Waals surface area contributed by atoms with Crippen LogP contribution >= 0.6 is 0 Å². The summed E-state index contributed by atoms with van der Waals surface area (Å²) in [5.74, 6) is -0.185. The van der Waals surface area contributed by atoms with E-state index in [0.29, 0.717) is 19.6 Å². The number of benzene rings is 1. The number of nitrogens with one attached hydrogen (secondary N) is 1. The van der Waals surface area contributed by atoms with Crippen LogP contribution in [0.2, 0.25) is 0 Å². The minimum atomic E-state index is -0.318. The minimum absolute atomic E-state index is 0.0348. The van der Waals surface area contributed by atoms with Crippen molar-refractivity contribution in [2.75, 3.05) is 18.9 Å². The number of nitrogens with two attached hydrogens (primary N) is 1. The van der Waals surface area contributed by atoms with E-state index >= 15 is 0 Å². The summed E-state index contributed by atoms with van der Waals surface area (Å²) in [7, 11) is 0. The Morgan fingerprint density at radius 2 is 2.00 bits per heavy atom. The van der Waals surface area contributed by atoms with Gasteiger partial charge in [0.15, 0.2) is 11.5 Å². The fraction of sp³-hybridized carbons (Fsp3) is 0.312. The first-order chi connectivity index (χ1) is 10.7. The molecule has 0 spiro atoms. The predicted octanol–water partition coefficient (Wildman–Crippen LogP) is 1.96. The highest BCUT2D eigenvalue weighted by molar-refractivity contribution is 5.96. The molecule has 0 radical (unpaired) electrons. The van der Waals surface area contributed by atoms with Crippen molar-refractivity contribution in [1.29, 1.82) is 0 Å². The molecule has 22 heavy (non-hydrogen) atoms. The van der Waals surface area contributed by atoms with Crippen LogP contribution in [-0.4, -0.2) is 29.0 Å². The molecular formula is C16H20N4O2. The summed E-state index contributed by atoms with van der Waals surface area (Å²) in [4.78, 5) is 19.6. The topological polar surface area (TPSA) is 90.1 Å². The predicted molar refractivity (Wildman–Crippen MR) is 84.2 cm³/mol. The smallest absolute Gasteiger partial charge is 0.273 e. The summed E-state index contributed by atoms with van der Waals surface area (Å²) >= 11 is 0. The van der Waals surface area contributed by atoms with Crippen LogP contribution in [0.3, 0.4) is 0 Å². The van der Waals surface area contributed by atoms with Gasteiger partial charge in [0.2, 0.25) is 0 Å². The number of hydrogen-bond acceptors (Lipinski definition) is 5. The lowest BCUT2D eigenvalue weighted by Gasteiger charge is -2.13. The van der Waals surface area contributed by atoms with E-state index in [4.69, 9.17) is 10.5 Å². The molecule has 0 unspecified atom stereocenters. The number of rotatable bonds is 7. The van der Waals surface area contributed by atoms with Crippen molar-refractivity contribution in [3.8, 4) is 0 Å². The average molecular weight is 300 g/mol. The molecule has 1 heterocycles. The van der Waals surface area contributed by atoms with Gasteiger partial charge in [0.05, 0.1) is 6.10 Å². The lowest BCUT2D eigenvalue weighted by molar-refractivity contribution is 0.0634. The molecule has 0 fully saturated rings. The van der Waals surface area contributed by atoms with Gasteiger partial charge in [-0.15, -0.1) is 0 Å². The molecule has 0 aliphatic heterocycles. The number of aromatic nitrogens is 2. The van der Waals surface area contributed by atoms with Crippen LogP contribution < -0.4 is 11.1 Å². The molecule has 3 N–H and O–H groups in total. The van der Waals surface area contributed by atoms with Crippen molar-refractivity contribution in [3.63, 3.8) is 0 Å². The molecule has 1 atom stereocenters. The van der Waals surface area contributed by atoms with Gasteiger partial charge in [-0.1, -0.05) is 30.3 Å². The van der Waals surface area contributed by atoms with Gasteiger partial charge in [-0.2, -0.15) is 0 Å². The highest BCUT2D eigenvalue weighted by Crippen LogP contribution is 2.15. The summed E-state index contributed by atoms with van der Waals surface area (Å²) in [6, 6.07) is 10.0. The van der Waals surface area contributed by atoms with Gasteiger partial charge in [0.25, 0.3) is 5.91 Å². The second kappa shape index (κ2) is 8.09. The molecular weight excluding hydrogens is 280 g/mol. The Labute approximate surface area is 129 Å². The van der Waals surface area contributed by atoms with E-state index in [0.717, 1.165) is 5.56 Å². The number of carbonyl (C=O) groups is 1. The molecule has 2 aromatic rings. The van der Waals surface area contributed by atoms with Crippen LogP contribution in [0.15, 0.2) is 42.7 Å². The van der Waals surface area contributed by atoms with Crippen molar-refractivity contribution in [2.24, 2.45) is 0 Å². The molecule has 6 heteroatoms. The molecule has 0 saturated heterocycles. The number of nitrogens with zero attached hydrogens (tertiary/aromatic N) is 2. The van der Waals surface area contributed by atoms with E-state index in [1.165, 1.54) is 12.4 Å². The van der Waals surface area contributed by atoms with Crippen LogP contribution in [0.1, 0.15) is 35.5 Å². The normalized spacial score (nSPS) is 11.9. The SMILES string of the molecule is C[C@H](OCCCNC(=O)c1nccnc1N)c1ccccc1. The Balaban J connectivity index is 1.67. The zero-order valence-corrected chi connectivity index (χ0v) is 12.5. The standard InChI is InChI=1S/C16H20N4O2/c1-12(13-6-3-2-4-7-13)22-11-5-8-20-16(21)14-15(17)19-10-9-18-14/h2-4,6-7,9-10,12H,5,8,11H2,1H3,(H2,17,19)(H,20,21)/t12-/m0/s1. The van der Waals surface area contributed by atoms with E-state index in [2.05, 4.69) is 15.3 Å². The number of nitrogen functional groups attached to an aromatic ring is 1. The van der Waals surface area contributed by atoms with Crippen molar-refractivity contribution in [2.45, 2.75) is 19.4 Å². The third-order valence-corrected chi connectivity index (χ3v) is 3.19. The lowest BCUT2D eigenvalue weighted by atomic mass is 10.1. The molecule has 6 nitrogen and oxygen atoms in total. The Kier molecular flexibility index (Phi) is 5.85. The fourth-order valence-electron chi connectivity index (χ4n) is 1.96. The number of ether oxygens (including phenoxy) is 1. The quantitative estimate of drug-likeness (QED) is 0.763. The van der Waals surface area contributed by atoms with Crippen LogP contribution in [0.4, 0.5) is 5.82 Å². The molecule has 2 rings (SSSR count). The first-order valence-electron chi connectivity index (χ1n) is 7.19. The molecule has 0 saturated carbocycles. The molecule has 0 aliphatic carbocycles. The van der Waals surface area contributed by atoms with E-state index in [-0.39, 0.29) is 23.5 Å². The van der Waals surface area contributed by atoms with Crippen LogP contribution in [-0.2, 0) is 4.74 Å². The summed E-state index contributed by atoms with van der Waals surface area (Å²) < 4.78 is 5.74. The van der Waals surface area contributed by atoms with Gasteiger partial charge in [-0.05, 0) is 18.9 Å². The van der Waals surface area contributed by atoms with Gasteiger partial charge < -0.3 is 15.8 Å². The monoisotopic (exact) mass is 300 g/mol. The largest absolute Gasteiger partial charge is 0.382 e. The van der Waals surface area contributed by atoms with Crippen molar-refractivity contribution in [1.82, 2.24) is 15.3 Å². The summed E-state index contributed by atoms with van der Waals surface area (Å²) in [5.41, 5.74) is 6.89. The minimum Gasteiger partial charge on any atom is -0.382 e. The zero-order valence-electron chi connectivity index (χ0n) is 12.5. The summed E-state index contributed by atoms with van der Waals surface area (Å²) in [5, 5.41) is 2.75. The highest BCUT2D eigenvalue weighted by Gasteiger charge is 2.11. The Morgan fingerprint density at radius 1 is 1.27 bits per heavy atom. The second-order valence-corrected chi connectivity index (χ2v) is 4.82. The first kappa shape index (κ1) is 15.9. The van der Waals surface area contributed by atoms with Crippen LogP contribution in [0.25, 0.3) is 0 Å². The van der Waals surface area contributed by atoms with Gasteiger partial charge in [-0.3, -0.25) is 4.79 Å². The molecule has 0 bridgehead atoms. The highest BCUT2D eigenvalue weighted by atomic mass is 16.5. The van der Waals surface area contributed by atoms with Crippen molar-refractivity contribution in [3.05, 3.63) is 54.0 Å². The summed E-state index contributed by atoms with van der Waals surface area (Å²) in [6.45, 7) is 3.07. The zero-order chi connectivity index (χ0) is 15.8. The third-order valence-electron chi connectivity index (χ3n) is 3.19. The Bertz CT molecular complexity index is 604. The maximum Gasteiger partial charge on any atom is 0.273 e. The molecule has 116 valence electrons. The first-order valence-corrected chi connectivity index (χ1v) is 7.19.